The fraction of sp³-hybridized carbons (Fsp3) is 1.00. The van der Waals surface area contributed by atoms with E-state index in [4.69, 9.17) is 0 Å². The van der Waals surface area contributed by atoms with Gasteiger partial charge in [-0.15, -0.1) is 0 Å². The molecule has 0 aromatic carbocycles. The fourth-order valence-electron chi connectivity index (χ4n) is 0.816. The zero-order chi connectivity index (χ0) is 11.6. The van der Waals surface area contributed by atoms with Crippen LogP contribution >= 0.6 is 15.2 Å². The number of hydrogen-bond donors (Lipinski definition) is 0. The second-order valence-corrected chi connectivity index (χ2v) is 6.20. The first kappa shape index (κ1) is 35.8. The predicted octanol–water partition coefficient (Wildman–Crippen LogP) is -14.5. The Morgan fingerprint density at radius 3 is 1.17 bits per heavy atom. The molecule has 0 heterocycles. The average Bonchev–Trinajstić information content (AvgIpc) is 1.78. The van der Waals surface area contributed by atoms with Gasteiger partial charge >= 0.3 is 206 Å². The van der Waals surface area contributed by atoms with Crippen molar-refractivity contribution < 1.29 is 234 Å². The van der Waals surface area contributed by atoms with E-state index < -0.39 is 33.8 Å². The van der Waals surface area contributed by atoms with Gasteiger partial charge in [0.25, 0.3) is 0 Å². The van der Waals surface area contributed by atoms with Gasteiger partial charge in [-0.3, -0.25) is 4.90 Å². The van der Waals surface area contributed by atoms with Gasteiger partial charge < -0.3 is 28.7 Å². The van der Waals surface area contributed by atoms with Crippen molar-refractivity contribution in [2.45, 2.75) is 19.9 Å². The summed E-state index contributed by atoms with van der Waals surface area (Å²) in [6.45, 7) is 2.98. The third-order valence-electron chi connectivity index (χ3n) is 1.44. The minimum absolute atomic E-state index is 0. The van der Waals surface area contributed by atoms with Gasteiger partial charge in [0, 0.05) is 18.6 Å². The molecule has 0 atom stereocenters. The van der Waals surface area contributed by atoms with Crippen molar-refractivity contribution in [2.75, 3.05) is 12.6 Å². The van der Waals surface area contributed by atoms with Gasteiger partial charge in [-0.2, -0.15) is 0 Å². The summed E-state index contributed by atoms with van der Waals surface area (Å²) in [4.78, 5) is 42.3. The molecule has 7 nitrogen and oxygen atoms in total. The Balaban J connectivity index is -0.000000141. The summed E-state index contributed by atoms with van der Waals surface area (Å²) in [6.07, 6.45) is -1.89. The smallest absolute Gasteiger partial charge is 0.810 e. The Labute approximate surface area is 278 Å². The van der Waals surface area contributed by atoms with E-state index in [1.807, 2.05) is 0 Å². The van der Waals surface area contributed by atoms with Gasteiger partial charge in [0.1, 0.15) is 0 Å². The minimum atomic E-state index is -4.83. The summed E-state index contributed by atoms with van der Waals surface area (Å²) in [6, 6.07) is -0.498. The van der Waals surface area contributed by atoms with E-state index in [0.717, 1.165) is 4.90 Å². The second-order valence-electron chi connectivity index (χ2n) is 3.19. The summed E-state index contributed by atoms with van der Waals surface area (Å²) in [5, 5.41) is 0. The van der Waals surface area contributed by atoms with Gasteiger partial charge in [0.15, 0.2) is 0 Å². The molecule has 0 aliphatic rings. The molecule has 0 aliphatic heterocycles. The van der Waals surface area contributed by atoms with E-state index in [1.54, 1.807) is 0 Å². The molecule has 86 valence electrons. The SMILES string of the molecule is CC(C)N(CP(=O)([O-])[O-])CP(=O)([O-])[O-].[K+].[K+].[K+].[K+]. The van der Waals surface area contributed by atoms with Crippen LogP contribution in [0.2, 0.25) is 0 Å². The Bertz CT molecular complexity index is 257. The second kappa shape index (κ2) is 17.2. The first-order chi connectivity index (χ1) is 6.01. The first-order valence-electron chi connectivity index (χ1n) is 3.77. The molecule has 0 radical (unpaired) electrons. The molecule has 18 heavy (non-hydrogen) atoms. The first-order valence-corrected chi connectivity index (χ1v) is 7.23. The largest absolute Gasteiger partial charge is 1.00 e. The zero-order valence-corrected chi connectivity index (χ0v) is 26.1. The quantitative estimate of drug-likeness (QED) is 0.331. The standard InChI is InChI=1S/C5H15NO6P2.4K/c1-5(2)6(3-13(7,8)9)4-14(10,11)12;;;;/h5H,3-4H2,1-2H3,(H2,7,8,9)(H2,10,11,12);;;;/q;4*+1/p-4. The molecule has 0 saturated carbocycles. The number of nitrogens with zero attached hydrogens (tertiary/aromatic N) is 1. The van der Waals surface area contributed by atoms with Gasteiger partial charge in [0.2, 0.25) is 0 Å². The van der Waals surface area contributed by atoms with E-state index in [0.29, 0.717) is 0 Å². The van der Waals surface area contributed by atoms with Crippen molar-refractivity contribution >= 4 is 15.2 Å². The Hall–Kier alpha value is 6.81. The molecule has 0 spiro atoms. The number of hydrogen-bond acceptors (Lipinski definition) is 7. The van der Waals surface area contributed by atoms with Crippen LogP contribution in [0.3, 0.4) is 0 Å². The van der Waals surface area contributed by atoms with Crippen LogP contribution in [-0.4, -0.2) is 23.5 Å². The number of rotatable bonds is 5. The van der Waals surface area contributed by atoms with E-state index in [-0.39, 0.29) is 206 Å². The molecule has 0 aliphatic carbocycles. The third kappa shape index (κ3) is 25.1. The van der Waals surface area contributed by atoms with E-state index in [9.17, 15) is 28.7 Å². The van der Waals surface area contributed by atoms with Gasteiger partial charge in [-0.25, -0.2) is 0 Å². The molecular weight excluding hydrogens is 388 g/mol. The topological polar surface area (TPSA) is 130 Å². The molecular formula is C5H11K4NO6P2. The third-order valence-corrected chi connectivity index (χ3v) is 2.86. The zero-order valence-electron chi connectivity index (χ0n) is 11.8. The predicted molar refractivity (Wildman–Crippen MR) is 41.9 cm³/mol. The molecule has 0 fully saturated rings. The van der Waals surface area contributed by atoms with Crippen molar-refractivity contribution in [1.29, 1.82) is 0 Å². The van der Waals surface area contributed by atoms with E-state index in [1.165, 1.54) is 13.8 Å². The van der Waals surface area contributed by atoms with Crippen molar-refractivity contribution in [3.05, 3.63) is 0 Å². The molecule has 0 N–H and O–H groups in total. The van der Waals surface area contributed by atoms with Gasteiger partial charge in [-0.05, 0) is 13.8 Å². The van der Waals surface area contributed by atoms with Crippen LogP contribution in [0.5, 0.6) is 0 Å². The summed E-state index contributed by atoms with van der Waals surface area (Å²) in [7, 11) is -9.67. The summed E-state index contributed by atoms with van der Waals surface area (Å²) >= 11 is 0. The molecule has 0 rings (SSSR count). The fourth-order valence-corrected chi connectivity index (χ4v) is 2.72. The minimum Gasteiger partial charge on any atom is -0.810 e. The van der Waals surface area contributed by atoms with Crippen LogP contribution in [0.15, 0.2) is 0 Å². The van der Waals surface area contributed by atoms with Crippen LogP contribution in [0, 0.1) is 0 Å². The van der Waals surface area contributed by atoms with Crippen LogP contribution in [0.4, 0.5) is 0 Å². The average molecular weight is 399 g/mol. The molecule has 0 bridgehead atoms. The van der Waals surface area contributed by atoms with Crippen LogP contribution < -0.4 is 225 Å². The van der Waals surface area contributed by atoms with Crippen molar-refractivity contribution in [1.82, 2.24) is 4.90 Å². The van der Waals surface area contributed by atoms with Crippen LogP contribution in [0.1, 0.15) is 13.8 Å². The van der Waals surface area contributed by atoms with E-state index in [2.05, 4.69) is 0 Å². The van der Waals surface area contributed by atoms with Crippen molar-refractivity contribution in [3.63, 3.8) is 0 Å². The Morgan fingerprint density at radius 1 is 0.833 bits per heavy atom. The molecule has 0 unspecified atom stereocenters. The summed E-state index contributed by atoms with van der Waals surface area (Å²) < 4.78 is 20.7. The van der Waals surface area contributed by atoms with Gasteiger partial charge in [-0.1, -0.05) is 15.2 Å². The maximum absolute atomic E-state index is 10.4. The van der Waals surface area contributed by atoms with Crippen LogP contribution in [0.25, 0.3) is 0 Å². The van der Waals surface area contributed by atoms with Gasteiger partial charge in [0.05, 0.1) is 0 Å². The summed E-state index contributed by atoms with van der Waals surface area (Å²) in [5.74, 6) is 0. The normalized spacial score (nSPS) is 10.9. The molecule has 0 saturated heterocycles. The summed E-state index contributed by atoms with van der Waals surface area (Å²) in [5.41, 5.74) is 0. The van der Waals surface area contributed by atoms with Crippen LogP contribution in [-0.2, 0) is 9.13 Å². The molecule has 13 heteroatoms. The van der Waals surface area contributed by atoms with Crippen molar-refractivity contribution in [2.24, 2.45) is 0 Å². The molecule has 0 aromatic rings. The Kier molecular flexibility index (Phi) is 34.3. The maximum Gasteiger partial charge on any atom is 1.00 e. The molecule has 0 amide bonds. The maximum atomic E-state index is 10.4. The molecule has 0 aromatic heterocycles. The monoisotopic (exact) mass is 399 g/mol. The van der Waals surface area contributed by atoms with E-state index >= 15 is 0 Å². The van der Waals surface area contributed by atoms with Crippen molar-refractivity contribution in [3.8, 4) is 0 Å². The Morgan fingerprint density at radius 2 is 1.06 bits per heavy atom.